The zero-order chi connectivity index (χ0) is 20.8. The lowest BCUT2D eigenvalue weighted by Crippen LogP contribution is -2.31. The van der Waals surface area contributed by atoms with Crippen LogP contribution < -0.4 is 16.0 Å². The number of hydrogen-bond donors (Lipinski definition) is 4. The van der Waals surface area contributed by atoms with Crippen LogP contribution in [0.5, 0.6) is 0 Å². The number of pyridine rings is 1. The molecule has 0 saturated heterocycles. The van der Waals surface area contributed by atoms with E-state index in [9.17, 15) is 4.79 Å². The molecule has 9 nitrogen and oxygen atoms in total. The largest absolute Gasteiger partial charge is 0.383 e. The highest BCUT2D eigenvalue weighted by molar-refractivity contribution is 7.22. The van der Waals surface area contributed by atoms with Crippen LogP contribution in [0, 0.1) is 0 Å². The van der Waals surface area contributed by atoms with Crippen molar-refractivity contribution in [3.05, 3.63) is 48.9 Å². The number of benzene rings is 1. The van der Waals surface area contributed by atoms with Crippen LogP contribution in [-0.2, 0) is 9.53 Å². The molecule has 0 radical (unpaired) electrons. The molecule has 3 aromatic heterocycles. The first kappa shape index (κ1) is 19.8. The van der Waals surface area contributed by atoms with Gasteiger partial charge in [-0.05, 0) is 23.8 Å². The Kier molecular flexibility index (Phi) is 6.16. The van der Waals surface area contributed by atoms with Gasteiger partial charge in [0.1, 0.15) is 12.4 Å². The molecule has 0 aliphatic rings. The molecule has 4 aromatic rings. The molecule has 0 saturated carbocycles. The summed E-state index contributed by atoms with van der Waals surface area (Å²) in [4.78, 5) is 20.4. The van der Waals surface area contributed by atoms with Crippen molar-refractivity contribution in [3.8, 4) is 11.1 Å². The maximum Gasteiger partial charge on any atom is 0.246 e. The summed E-state index contributed by atoms with van der Waals surface area (Å²) in [6, 6.07) is 9.91. The van der Waals surface area contributed by atoms with Gasteiger partial charge in [-0.25, -0.2) is 9.97 Å². The van der Waals surface area contributed by atoms with E-state index in [1.807, 2.05) is 30.5 Å². The molecule has 3 heterocycles. The Morgan fingerprint density at radius 1 is 1.20 bits per heavy atom. The van der Waals surface area contributed by atoms with Crippen molar-refractivity contribution in [1.82, 2.24) is 25.5 Å². The lowest BCUT2D eigenvalue weighted by Gasteiger charge is -2.09. The summed E-state index contributed by atoms with van der Waals surface area (Å²) in [6.07, 6.45) is 5.39. The summed E-state index contributed by atoms with van der Waals surface area (Å²) >= 11 is 1.57. The average molecular weight is 424 g/mol. The minimum absolute atomic E-state index is 0.0645. The van der Waals surface area contributed by atoms with E-state index in [0.717, 1.165) is 32.2 Å². The van der Waals surface area contributed by atoms with Crippen molar-refractivity contribution in [3.63, 3.8) is 0 Å². The van der Waals surface area contributed by atoms with Crippen LogP contribution in [0.3, 0.4) is 0 Å². The highest BCUT2D eigenvalue weighted by Gasteiger charge is 2.08. The van der Waals surface area contributed by atoms with Crippen LogP contribution in [0.15, 0.2) is 48.9 Å². The third-order valence-corrected chi connectivity index (χ3v) is 5.20. The quantitative estimate of drug-likeness (QED) is 0.306. The van der Waals surface area contributed by atoms with E-state index in [0.29, 0.717) is 18.9 Å². The first-order valence-electron chi connectivity index (χ1n) is 9.33. The number of methoxy groups -OCH3 is 1. The number of anilines is 3. The normalized spacial score (nSPS) is 10.8. The number of nitrogens with one attached hydrogen (secondary N) is 4. The van der Waals surface area contributed by atoms with Gasteiger partial charge in [-0.15, -0.1) is 0 Å². The van der Waals surface area contributed by atoms with E-state index in [4.69, 9.17) is 4.74 Å². The minimum atomic E-state index is -0.136. The summed E-state index contributed by atoms with van der Waals surface area (Å²) < 4.78 is 5.86. The molecule has 1 amide bonds. The second kappa shape index (κ2) is 9.33. The second-order valence-corrected chi connectivity index (χ2v) is 7.48. The van der Waals surface area contributed by atoms with E-state index in [1.54, 1.807) is 23.7 Å². The summed E-state index contributed by atoms with van der Waals surface area (Å²) in [6.45, 7) is 1.16. The molecule has 154 valence electrons. The van der Waals surface area contributed by atoms with Crippen molar-refractivity contribution < 1.29 is 9.53 Å². The van der Waals surface area contributed by atoms with Gasteiger partial charge >= 0.3 is 0 Å². The van der Waals surface area contributed by atoms with Gasteiger partial charge in [-0.1, -0.05) is 17.4 Å². The molecule has 0 bridgehead atoms. The van der Waals surface area contributed by atoms with Gasteiger partial charge in [0.2, 0.25) is 5.91 Å². The molecule has 0 fully saturated rings. The topological polar surface area (TPSA) is 117 Å². The summed E-state index contributed by atoms with van der Waals surface area (Å²) in [5.74, 6) is 0.556. The first-order valence-corrected chi connectivity index (χ1v) is 10.2. The SMILES string of the molecule is COCC(=O)NCCNc1ccnc(Nc2nc3ccc(-c4cn[nH]c4)cc3s2)c1. The van der Waals surface area contributed by atoms with Gasteiger partial charge < -0.3 is 20.7 Å². The molecule has 0 aliphatic heterocycles. The third kappa shape index (κ3) is 4.91. The number of thiazole rings is 1. The Balaban J connectivity index is 1.38. The lowest BCUT2D eigenvalue weighted by molar-refractivity contribution is -0.124. The fourth-order valence-corrected chi connectivity index (χ4v) is 3.79. The van der Waals surface area contributed by atoms with Gasteiger partial charge in [-0.2, -0.15) is 5.10 Å². The summed E-state index contributed by atoms with van der Waals surface area (Å²) in [5.41, 5.74) is 3.96. The maximum absolute atomic E-state index is 11.4. The van der Waals surface area contributed by atoms with Crippen molar-refractivity contribution in [2.45, 2.75) is 0 Å². The van der Waals surface area contributed by atoms with Gasteiger partial charge in [0, 0.05) is 49.9 Å². The van der Waals surface area contributed by atoms with E-state index in [2.05, 4.69) is 42.2 Å². The summed E-state index contributed by atoms with van der Waals surface area (Å²) in [5, 5.41) is 16.9. The molecule has 10 heteroatoms. The molecule has 0 unspecified atom stereocenters. The highest BCUT2D eigenvalue weighted by Crippen LogP contribution is 2.31. The summed E-state index contributed by atoms with van der Waals surface area (Å²) in [7, 11) is 1.49. The molecule has 0 spiro atoms. The molecular weight excluding hydrogens is 402 g/mol. The van der Waals surface area contributed by atoms with E-state index < -0.39 is 0 Å². The van der Waals surface area contributed by atoms with Crippen molar-refractivity contribution in [2.24, 2.45) is 0 Å². The standard InChI is InChI=1S/C20H21N7O2S/c1-29-12-19(28)23-7-6-21-15-4-5-22-18(9-15)27-20-26-16-3-2-13(8-17(16)30-20)14-10-24-25-11-14/h2-5,8-11H,6-7,12H2,1H3,(H,23,28)(H,24,25)(H2,21,22,26,27). The number of carbonyl (C=O) groups excluding carboxylic acids is 1. The van der Waals surface area contributed by atoms with Crippen LogP contribution in [0.4, 0.5) is 16.6 Å². The Morgan fingerprint density at radius 3 is 2.97 bits per heavy atom. The molecule has 0 aliphatic carbocycles. The highest BCUT2D eigenvalue weighted by atomic mass is 32.1. The number of rotatable bonds is 9. The number of aromatic amines is 1. The molecule has 1 aromatic carbocycles. The van der Waals surface area contributed by atoms with Crippen LogP contribution in [-0.4, -0.2) is 52.9 Å². The van der Waals surface area contributed by atoms with Crippen LogP contribution in [0.2, 0.25) is 0 Å². The van der Waals surface area contributed by atoms with Crippen molar-refractivity contribution in [1.29, 1.82) is 0 Å². The fourth-order valence-electron chi connectivity index (χ4n) is 2.88. The van der Waals surface area contributed by atoms with Gasteiger partial charge in [0.05, 0.1) is 16.4 Å². The van der Waals surface area contributed by atoms with Crippen LogP contribution in [0.25, 0.3) is 21.3 Å². The van der Waals surface area contributed by atoms with Crippen LogP contribution in [0.1, 0.15) is 0 Å². The zero-order valence-electron chi connectivity index (χ0n) is 16.3. The average Bonchev–Trinajstić information content (AvgIpc) is 3.41. The molecule has 4 N–H and O–H groups in total. The van der Waals surface area contributed by atoms with Crippen LogP contribution >= 0.6 is 11.3 Å². The smallest absolute Gasteiger partial charge is 0.246 e. The predicted octanol–water partition coefficient (Wildman–Crippen LogP) is 3.00. The maximum atomic E-state index is 11.4. The number of fused-ring (bicyclic) bond motifs is 1. The Bertz CT molecular complexity index is 1130. The Morgan fingerprint density at radius 2 is 2.13 bits per heavy atom. The number of H-pyrrole nitrogens is 1. The first-order chi connectivity index (χ1) is 14.7. The number of nitrogens with zero attached hydrogens (tertiary/aromatic N) is 3. The third-order valence-electron chi connectivity index (χ3n) is 4.27. The predicted molar refractivity (Wildman–Crippen MR) is 118 cm³/mol. The number of aromatic nitrogens is 4. The molecule has 0 atom stereocenters. The minimum Gasteiger partial charge on any atom is -0.383 e. The van der Waals surface area contributed by atoms with E-state index in [1.165, 1.54) is 7.11 Å². The molecular formula is C20H21N7O2S. The fraction of sp³-hybridized carbons (Fsp3) is 0.200. The Hall–Kier alpha value is -3.50. The van der Waals surface area contributed by atoms with Gasteiger partial charge in [-0.3, -0.25) is 9.89 Å². The zero-order valence-corrected chi connectivity index (χ0v) is 17.1. The number of carbonyl (C=O) groups is 1. The second-order valence-electron chi connectivity index (χ2n) is 6.45. The van der Waals surface area contributed by atoms with E-state index in [-0.39, 0.29) is 12.5 Å². The number of amides is 1. The van der Waals surface area contributed by atoms with Gasteiger partial charge in [0.25, 0.3) is 0 Å². The lowest BCUT2D eigenvalue weighted by atomic mass is 10.1. The monoisotopic (exact) mass is 423 g/mol. The molecule has 30 heavy (non-hydrogen) atoms. The number of ether oxygens (including phenoxy) is 1. The van der Waals surface area contributed by atoms with Gasteiger partial charge in [0.15, 0.2) is 5.13 Å². The number of hydrogen-bond acceptors (Lipinski definition) is 8. The van der Waals surface area contributed by atoms with Crippen molar-refractivity contribution >= 4 is 44.1 Å². The van der Waals surface area contributed by atoms with E-state index >= 15 is 0 Å². The molecule has 4 rings (SSSR count). The Labute approximate surface area is 176 Å². The van der Waals surface area contributed by atoms with Crippen molar-refractivity contribution in [2.75, 3.05) is 37.4 Å².